The first-order chi connectivity index (χ1) is 17.4. The highest BCUT2D eigenvalue weighted by atomic mass is 16.6. The lowest BCUT2D eigenvalue weighted by atomic mass is 10.2. The number of rotatable bonds is 4. The van der Waals surface area contributed by atoms with Crippen molar-refractivity contribution in [3.8, 4) is 5.69 Å². The number of aromatic nitrogens is 6. The van der Waals surface area contributed by atoms with E-state index in [0.717, 1.165) is 35.4 Å². The molecule has 1 amide bonds. The molecule has 0 radical (unpaired) electrons. The topological polar surface area (TPSA) is 114 Å². The van der Waals surface area contributed by atoms with E-state index in [0.29, 0.717) is 18.2 Å². The zero-order valence-electron chi connectivity index (χ0n) is 20.4. The molecular weight excluding hydrogens is 458 g/mol. The van der Waals surface area contributed by atoms with Gasteiger partial charge in [-0.25, -0.2) is 19.4 Å². The lowest BCUT2D eigenvalue weighted by molar-refractivity contribution is 0.0214. The van der Waals surface area contributed by atoms with Crippen LogP contribution in [0.1, 0.15) is 27.2 Å². The maximum Gasteiger partial charge on any atom is 0.410 e. The highest BCUT2D eigenvalue weighted by Crippen LogP contribution is 2.35. The maximum atomic E-state index is 12.6. The molecule has 0 aliphatic carbocycles. The number of likely N-dealkylation sites (tertiary alicyclic amines) is 1. The van der Waals surface area contributed by atoms with Gasteiger partial charge in [-0.05, 0) is 39.3 Å². The number of carbonyl (C=O) groups excluding carboxylic acids is 1. The summed E-state index contributed by atoms with van der Waals surface area (Å²) < 4.78 is 7.45. The third-order valence-corrected chi connectivity index (χ3v) is 6.43. The zero-order valence-corrected chi connectivity index (χ0v) is 20.4. The minimum Gasteiger partial charge on any atom is -0.444 e. The fraction of sp³-hybridized carbons (Fsp3) is 0.360. The second-order valence-electron chi connectivity index (χ2n) is 10.1. The minimum atomic E-state index is -0.503. The molecule has 184 valence electrons. The molecule has 1 N–H and O–H groups in total. The molecule has 2 bridgehead atoms. The Morgan fingerprint density at radius 2 is 1.89 bits per heavy atom. The van der Waals surface area contributed by atoms with Crippen LogP contribution in [0.4, 0.5) is 22.2 Å². The molecule has 2 saturated heterocycles. The zero-order chi connectivity index (χ0) is 24.9. The second-order valence-corrected chi connectivity index (χ2v) is 10.1. The van der Waals surface area contributed by atoms with Crippen molar-refractivity contribution in [2.24, 2.45) is 0 Å². The van der Waals surface area contributed by atoms with Gasteiger partial charge in [0.25, 0.3) is 0 Å². The van der Waals surface area contributed by atoms with Crippen LogP contribution in [0.25, 0.3) is 16.6 Å². The van der Waals surface area contributed by atoms with Crippen molar-refractivity contribution in [3.63, 3.8) is 0 Å². The van der Waals surface area contributed by atoms with E-state index in [9.17, 15) is 4.79 Å². The first-order valence-electron chi connectivity index (χ1n) is 11.9. The van der Waals surface area contributed by atoms with Crippen LogP contribution >= 0.6 is 0 Å². The van der Waals surface area contributed by atoms with Crippen molar-refractivity contribution in [3.05, 3.63) is 55.4 Å². The standard InChI is InChI=1S/C25H27N9O2/c1-25(2,3)36-24(35)33-15-17-10-18(33)14-32(17)22-11-16(4-7-29-22)34-20-12-26-6-5-19(20)23(31-34)30-21-13-27-8-9-28-21/h4-9,11-13,17-18H,10,14-15H2,1-3H3,(H,28,30,31)/t17-,18-/m0/s1. The molecule has 0 aromatic carbocycles. The van der Waals surface area contributed by atoms with Gasteiger partial charge in [-0.1, -0.05) is 0 Å². The van der Waals surface area contributed by atoms with Crippen LogP contribution in [0, 0.1) is 0 Å². The monoisotopic (exact) mass is 485 g/mol. The molecule has 0 saturated carbocycles. The van der Waals surface area contributed by atoms with E-state index < -0.39 is 5.60 Å². The van der Waals surface area contributed by atoms with Crippen LogP contribution in [-0.2, 0) is 4.74 Å². The van der Waals surface area contributed by atoms with Gasteiger partial charge in [0.05, 0.1) is 35.7 Å². The first-order valence-corrected chi connectivity index (χ1v) is 11.9. The van der Waals surface area contributed by atoms with Gasteiger partial charge in [0, 0.05) is 49.3 Å². The van der Waals surface area contributed by atoms with Crippen molar-refractivity contribution >= 4 is 34.4 Å². The van der Waals surface area contributed by atoms with Crippen LogP contribution in [0.3, 0.4) is 0 Å². The number of pyridine rings is 2. The number of hydrogen-bond donors (Lipinski definition) is 1. The Morgan fingerprint density at radius 1 is 1.03 bits per heavy atom. The summed E-state index contributed by atoms with van der Waals surface area (Å²) in [5.41, 5.74) is 1.23. The molecule has 0 unspecified atom stereocenters. The van der Waals surface area contributed by atoms with Crippen LogP contribution in [0.15, 0.2) is 55.4 Å². The number of piperazine rings is 1. The average molecular weight is 486 g/mol. The van der Waals surface area contributed by atoms with Crippen LogP contribution in [0.2, 0.25) is 0 Å². The number of fused-ring (bicyclic) bond motifs is 3. The molecule has 11 nitrogen and oxygen atoms in total. The quantitative estimate of drug-likeness (QED) is 0.463. The number of ether oxygens (including phenoxy) is 1. The Kier molecular flexibility index (Phi) is 5.20. The van der Waals surface area contributed by atoms with Gasteiger partial charge < -0.3 is 19.9 Å². The Hall–Kier alpha value is -4.28. The van der Waals surface area contributed by atoms with E-state index in [2.05, 4.69) is 30.2 Å². The van der Waals surface area contributed by atoms with Crippen molar-refractivity contribution in [2.75, 3.05) is 23.3 Å². The van der Waals surface area contributed by atoms with Crippen molar-refractivity contribution in [1.82, 2.24) is 34.6 Å². The second kappa shape index (κ2) is 8.43. The van der Waals surface area contributed by atoms with Crippen LogP contribution in [-0.4, -0.2) is 71.5 Å². The van der Waals surface area contributed by atoms with E-state index in [1.54, 1.807) is 37.2 Å². The predicted molar refractivity (Wildman–Crippen MR) is 134 cm³/mol. The summed E-state index contributed by atoms with van der Waals surface area (Å²) in [4.78, 5) is 34.1. The van der Waals surface area contributed by atoms with Gasteiger partial charge in [-0.15, -0.1) is 5.10 Å². The summed E-state index contributed by atoms with van der Waals surface area (Å²) in [5.74, 6) is 2.14. The van der Waals surface area contributed by atoms with Crippen molar-refractivity contribution < 1.29 is 9.53 Å². The minimum absolute atomic E-state index is 0.118. The average Bonchev–Trinajstić information content (AvgIpc) is 3.57. The first kappa shape index (κ1) is 22.2. The molecule has 6 heterocycles. The van der Waals surface area contributed by atoms with Crippen LogP contribution in [0.5, 0.6) is 0 Å². The van der Waals surface area contributed by atoms with Gasteiger partial charge in [0.1, 0.15) is 17.2 Å². The lowest BCUT2D eigenvalue weighted by Gasteiger charge is -2.35. The molecule has 11 heteroatoms. The summed E-state index contributed by atoms with van der Waals surface area (Å²) in [5, 5.41) is 8.99. The van der Waals surface area contributed by atoms with E-state index in [1.807, 2.05) is 48.6 Å². The third-order valence-electron chi connectivity index (χ3n) is 6.43. The van der Waals surface area contributed by atoms with Gasteiger partial charge in [0.15, 0.2) is 5.82 Å². The molecule has 4 aromatic rings. The molecule has 6 rings (SSSR count). The number of amides is 1. The molecule has 2 fully saturated rings. The summed E-state index contributed by atoms with van der Waals surface area (Å²) >= 11 is 0. The van der Waals surface area contributed by atoms with Crippen molar-refractivity contribution in [1.29, 1.82) is 0 Å². The van der Waals surface area contributed by atoms with E-state index in [1.165, 1.54) is 0 Å². The number of nitrogens with one attached hydrogen (secondary N) is 1. The van der Waals surface area contributed by atoms with Gasteiger partial charge in [-0.3, -0.25) is 9.97 Å². The fourth-order valence-electron chi connectivity index (χ4n) is 4.93. The Morgan fingerprint density at radius 3 is 2.64 bits per heavy atom. The number of nitrogens with zero attached hydrogens (tertiary/aromatic N) is 8. The summed E-state index contributed by atoms with van der Waals surface area (Å²) in [6.45, 7) is 7.03. The molecule has 0 spiro atoms. The Bertz CT molecular complexity index is 1420. The summed E-state index contributed by atoms with van der Waals surface area (Å²) in [6, 6.07) is 6.20. The number of hydrogen-bond acceptors (Lipinski definition) is 9. The molecular formula is C25H27N9O2. The predicted octanol–water partition coefficient (Wildman–Crippen LogP) is 3.55. The third kappa shape index (κ3) is 4.06. The maximum absolute atomic E-state index is 12.6. The van der Waals surface area contributed by atoms with Crippen molar-refractivity contribution in [2.45, 2.75) is 44.9 Å². The molecule has 36 heavy (non-hydrogen) atoms. The summed E-state index contributed by atoms with van der Waals surface area (Å²) in [6.07, 6.45) is 10.9. The van der Waals surface area contributed by atoms with E-state index in [-0.39, 0.29) is 18.2 Å². The molecule has 2 atom stereocenters. The fourth-order valence-corrected chi connectivity index (χ4v) is 4.93. The number of carbonyl (C=O) groups is 1. The van der Waals surface area contributed by atoms with Gasteiger partial charge >= 0.3 is 6.09 Å². The number of anilines is 3. The normalized spacial score (nSPS) is 19.2. The van der Waals surface area contributed by atoms with Gasteiger partial charge in [0.2, 0.25) is 0 Å². The SMILES string of the molecule is CC(C)(C)OC(=O)N1C[C@@H]2C[C@H]1CN2c1cc(-n2nc(Nc3cnccn3)c3ccncc32)ccn1. The van der Waals surface area contributed by atoms with Gasteiger partial charge in [-0.2, -0.15) is 0 Å². The largest absolute Gasteiger partial charge is 0.444 e. The Balaban J connectivity index is 1.26. The molecule has 4 aromatic heterocycles. The molecule has 2 aliphatic rings. The van der Waals surface area contributed by atoms with E-state index in [4.69, 9.17) is 9.84 Å². The lowest BCUT2D eigenvalue weighted by Crippen LogP contribution is -2.50. The highest BCUT2D eigenvalue weighted by Gasteiger charge is 2.47. The van der Waals surface area contributed by atoms with E-state index >= 15 is 0 Å². The highest BCUT2D eigenvalue weighted by molar-refractivity contribution is 5.92. The summed E-state index contributed by atoms with van der Waals surface area (Å²) in [7, 11) is 0. The smallest absolute Gasteiger partial charge is 0.410 e. The molecule has 2 aliphatic heterocycles. The van der Waals surface area contributed by atoms with Crippen LogP contribution < -0.4 is 10.2 Å². The Labute approximate surface area is 208 Å².